The molecule has 0 radical (unpaired) electrons. The smallest absolute Gasteiger partial charge is 0.137 e. The standard InChI is InChI=1S/C20H24N2O3/c1-13-8-16(25-21-13)9-15-10-22(12-20(15)23-3)11-19-14(2)17-6-4-5-7-18(17)24-19/h4-8,15,20H,9-12H2,1-3H3/t15-,20+/m1/s1. The minimum Gasteiger partial charge on any atom is -0.459 e. The van der Waals surface area contributed by atoms with Gasteiger partial charge in [0.25, 0.3) is 0 Å². The lowest BCUT2D eigenvalue weighted by atomic mass is 10.0. The van der Waals surface area contributed by atoms with E-state index in [0.29, 0.717) is 5.92 Å². The first-order chi connectivity index (χ1) is 12.1. The molecule has 25 heavy (non-hydrogen) atoms. The van der Waals surface area contributed by atoms with E-state index in [-0.39, 0.29) is 6.10 Å². The second-order valence-corrected chi connectivity index (χ2v) is 7.01. The summed E-state index contributed by atoms with van der Waals surface area (Å²) in [6.07, 6.45) is 1.06. The average molecular weight is 340 g/mol. The zero-order valence-electron chi connectivity index (χ0n) is 15.0. The summed E-state index contributed by atoms with van der Waals surface area (Å²) < 4.78 is 17.2. The number of furan rings is 1. The average Bonchev–Trinajstić information content (AvgIpc) is 3.28. The van der Waals surface area contributed by atoms with Gasteiger partial charge in [-0.05, 0) is 25.5 Å². The summed E-state index contributed by atoms with van der Waals surface area (Å²) in [5.74, 6) is 2.39. The van der Waals surface area contributed by atoms with Crippen LogP contribution in [0.5, 0.6) is 0 Å². The number of aryl methyl sites for hydroxylation is 2. The van der Waals surface area contributed by atoms with Gasteiger partial charge in [-0.25, -0.2) is 0 Å². The number of benzene rings is 1. The molecule has 1 aromatic carbocycles. The summed E-state index contributed by atoms with van der Waals surface area (Å²) >= 11 is 0. The van der Waals surface area contributed by atoms with E-state index in [1.165, 1.54) is 10.9 Å². The Bertz CT molecular complexity index is 867. The minimum atomic E-state index is 0.204. The van der Waals surface area contributed by atoms with Crippen LogP contribution in [0.3, 0.4) is 0 Å². The van der Waals surface area contributed by atoms with E-state index in [1.807, 2.05) is 25.1 Å². The van der Waals surface area contributed by atoms with Crippen LogP contribution in [0.2, 0.25) is 0 Å². The van der Waals surface area contributed by atoms with E-state index in [9.17, 15) is 0 Å². The topological polar surface area (TPSA) is 51.6 Å². The number of fused-ring (bicyclic) bond motifs is 1. The van der Waals surface area contributed by atoms with Gasteiger partial charge in [-0.2, -0.15) is 0 Å². The summed E-state index contributed by atoms with van der Waals surface area (Å²) in [7, 11) is 1.79. The number of rotatable bonds is 5. The Morgan fingerprint density at radius 1 is 1.24 bits per heavy atom. The Kier molecular flexibility index (Phi) is 4.36. The molecule has 1 aliphatic heterocycles. The Morgan fingerprint density at radius 3 is 2.80 bits per heavy atom. The van der Waals surface area contributed by atoms with Crippen LogP contribution >= 0.6 is 0 Å². The summed E-state index contributed by atoms with van der Waals surface area (Å²) in [5.41, 5.74) is 3.13. The van der Waals surface area contributed by atoms with Gasteiger partial charge in [0.1, 0.15) is 17.1 Å². The number of nitrogens with zero attached hydrogens (tertiary/aromatic N) is 2. The van der Waals surface area contributed by atoms with Gasteiger partial charge in [-0.15, -0.1) is 0 Å². The predicted octanol–water partition coefficient (Wildman–Crippen LogP) is 3.73. The SMILES string of the molecule is CO[C@H]1CN(Cc2oc3ccccc3c2C)C[C@H]1Cc1cc(C)no1. The largest absolute Gasteiger partial charge is 0.459 e. The van der Waals surface area contributed by atoms with Crippen LogP contribution in [0.25, 0.3) is 11.0 Å². The number of para-hydroxylation sites is 1. The Hall–Kier alpha value is -2.11. The highest BCUT2D eigenvalue weighted by molar-refractivity contribution is 5.81. The fourth-order valence-corrected chi connectivity index (χ4v) is 3.87. The molecule has 5 nitrogen and oxygen atoms in total. The molecule has 2 aromatic heterocycles. The maximum atomic E-state index is 6.08. The van der Waals surface area contributed by atoms with Crippen molar-refractivity contribution in [1.29, 1.82) is 0 Å². The van der Waals surface area contributed by atoms with Crippen molar-refractivity contribution >= 4 is 11.0 Å². The van der Waals surface area contributed by atoms with Crippen molar-refractivity contribution in [2.45, 2.75) is 32.9 Å². The van der Waals surface area contributed by atoms with Gasteiger partial charge in [-0.1, -0.05) is 23.4 Å². The van der Waals surface area contributed by atoms with Crippen LogP contribution in [0.4, 0.5) is 0 Å². The first-order valence-electron chi connectivity index (χ1n) is 8.78. The van der Waals surface area contributed by atoms with E-state index in [4.69, 9.17) is 13.7 Å². The lowest BCUT2D eigenvalue weighted by molar-refractivity contribution is 0.0758. The second-order valence-electron chi connectivity index (χ2n) is 7.01. The predicted molar refractivity (Wildman–Crippen MR) is 95.5 cm³/mol. The molecular weight excluding hydrogens is 316 g/mol. The van der Waals surface area contributed by atoms with E-state index < -0.39 is 0 Å². The summed E-state index contributed by atoms with van der Waals surface area (Å²) in [6.45, 7) is 6.78. The molecule has 0 saturated carbocycles. The van der Waals surface area contributed by atoms with Crippen molar-refractivity contribution < 1.29 is 13.7 Å². The molecule has 1 aliphatic rings. The fraction of sp³-hybridized carbons (Fsp3) is 0.450. The van der Waals surface area contributed by atoms with Gasteiger partial charge in [-0.3, -0.25) is 4.90 Å². The normalized spacial score (nSPS) is 21.4. The lowest BCUT2D eigenvalue weighted by Gasteiger charge is -2.14. The van der Waals surface area contributed by atoms with Crippen molar-refractivity contribution in [3.8, 4) is 0 Å². The molecule has 0 aliphatic carbocycles. The van der Waals surface area contributed by atoms with E-state index in [2.05, 4.69) is 29.1 Å². The van der Waals surface area contributed by atoms with Crippen molar-refractivity contribution in [2.24, 2.45) is 5.92 Å². The van der Waals surface area contributed by atoms with Crippen molar-refractivity contribution in [1.82, 2.24) is 10.1 Å². The van der Waals surface area contributed by atoms with Crippen molar-refractivity contribution in [3.05, 3.63) is 53.1 Å². The highest BCUT2D eigenvalue weighted by Gasteiger charge is 2.34. The summed E-state index contributed by atoms with van der Waals surface area (Å²) in [6, 6.07) is 10.2. The molecular formula is C20H24N2O3. The zero-order chi connectivity index (χ0) is 17.4. The number of hydrogen-bond acceptors (Lipinski definition) is 5. The minimum absolute atomic E-state index is 0.204. The van der Waals surface area contributed by atoms with E-state index >= 15 is 0 Å². The molecule has 3 heterocycles. The van der Waals surface area contributed by atoms with Crippen LogP contribution in [0, 0.1) is 19.8 Å². The molecule has 0 amide bonds. The monoisotopic (exact) mass is 340 g/mol. The maximum absolute atomic E-state index is 6.08. The number of methoxy groups -OCH3 is 1. The molecule has 1 fully saturated rings. The Labute approximate surface area is 147 Å². The highest BCUT2D eigenvalue weighted by atomic mass is 16.5. The molecule has 0 unspecified atom stereocenters. The van der Waals surface area contributed by atoms with E-state index in [0.717, 1.165) is 48.9 Å². The summed E-state index contributed by atoms with van der Waals surface area (Å²) in [4.78, 5) is 2.41. The quantitative estimate of drug-likeness (QED) is 0.708. The third kappa shape index (κ3) is 3.22. The third-order valence-corrected chi connectivity index (χ3v) is 5.21. The fourth-order valence-electron chi connectivity index (χ4n) is 3.87. The number of aromatic nitrogens is 1. The highest BCUT2D eigenvalue weighted by Crippen LogP contribution is 2.29. The molecule has 4 rings (SSSR count). The number of likely N-dealkylation sites (tertiary alicyclic amines) is 1. The third-order valence-electron chi connectivity index (χ3n) is 5.21. The van der Waals surface area contributed by atoms with Crippen LogP contribution in [-0.4, -0.2) is 36.4 Å². The van der Waals surface area contributed by atoms with Gasteiger partial charge in [0.05, 0.1) is 18.3 Å². The van der Waals surface area contributed by atoms with Crippen LogP contribution in [-0.2, 0) is 17.7 Å². The first-order valence-corrected chi connectivity index (χ1v) is 8.78. The molecule has 0 spiro atoms. The molecule has 0 N–H and O–H groups in total. The number of ether oxygens (including phenoxy) is 1. The Balaban J connectivity index is 1.48. The molecule has 1 saturated heterocycles. The number of hydrogen-bond donors (Lipinski definition) is 0. The molecule has 132 valence electrons. The molecule has 3 aromatic rings. The first kappa shape index (κ1) is 16.4. The van der Waals surface area contributed by atoms with Gasteiger partial charge in [0.2, 0.25) is 0 Å². The van der Waals surface area contributed by atoms with Gasteiger partial charge in [0, 0.05) is 44.0 Å². The van der Waals surface area contributed by atoms with Crippen molar-refractivity contribution in [3.63, 3.8) is 0 Å². The zero-order valence-corrected chi connectivity index (χ0v) is 15.0. The van der Waals surface area contributed by atoms with Gasteiger partial charge in [0.15, 0.2) is 0 Å². The van der Waals surface area contributed by atoms with Crippen LogP contribution < -0.4 is 0 Å². The van der Waals surface area contributed by atoms with Crippen molar-refractivity contribution in [2.75, 3.05) is 20.2 Å². The van der Waals surface area contributed by atoms with Crippen LogP contribution in [0.1, 0.15) is 22.8 Å². The van der Waals surface area contributed by atoms with Crippen LogP contribution in [0.15, 0.2) is 39.3 Å². The second kappa shape index (κ2) is 6.65. The van der Waals surface area contributed by atoms with Gasteiger partial charge >= 0.3 is 0 Å². The van der Waals surface area contributed by atoms with Gasteiger partial charge < -0.3 is 13.7 Å². The van der Waals surface area contributed by atoms with E-state index in [1.54, 1.807) is 7.11 Å². The summed E-state index contributed by atoms with van der Waals surface area (Å²) in [5, 5.41) is 5.19. The maximum Gasteiger partial charge on any atom is 0.137 e. The molecule has 2 atom stereocenters. The Morgan fingerprint density at radius 2 is 2.08 bits per heavy atom. The molecule has 0 bridgehead atoms. The molecule has 5 heteroatoms. The lowest BCUT2D eigenvalue weighted by Crippen LogP contribution is -2.23.